The van der Waals surface area contributed by atoms with Crippen molar-refractivity contribution in [1.29, 1.82) is 0 Å². The first-order valence-electron chi connectivity index (χ1n) is 7.51. The first-order valence-corrected chi connectivity index (χ1v) is 11.1. The van der Waals surface area contributed by atoms with Gasteiger partial charge in [-0.25, -0.2) is 0 Å². The Kier molecular flexibility index (Phi) is 4.20. The summed E-state index contributed by atoms with van der Waals surface area (Å²) in [5.74, 6) is 0. The summed E-state index contributed by atoms with van der Waals surface area (Å²) >= 11 is 5.44. The maximum atomic E-state index is 12.8. The SMILES string of the molecule is CC1(NS(=O)(=O)c2cc(Cl)c3ncc(-c4nnc(C(F)F)[se]4)n3c2)CC1. The number of nitrogens with one attached hydrogen (secondary N) is 1. The van der Waals surface area contributed by atoms with Crippen LogP contribution in [0.5, 0.6) is 0 Å². The van der Waals surface area contributed by atoms with Gasteiger partial charge in [0.05, 0.1) is 0 Å². The summed E-state index contributed by atoms with van der Waals surface area (Å²) in [7, 11) is -3.78. The van der Waals surface area contributed by atoms with Crippen molar-refractivity contribution in [2.45, 2.75) is 36.6 Å². The summed E-state index contributed by atoms with van der Waals surface area (Å²) in [6.45, 7) is 1.83. The Labute approximate surface area is 158 Å². The third kappa shape index (κ3) is 3.18. The average Bonchev–Trinajstić information content (AvgIpc) is 3.00. The van der Waals surface area contributed by atoms with Gasteiger partial charge in [0, 0.05) is 0 Å². The number of sulfonamides is 1. The fourth-order valence-electron chi connectivity index (χ4n) is 2.43. The van der Waals surface area contributed by atoms with Crippen LogP contribution in [0.3, 0.4) is 0 Å². The quantitative estimate of drug-likeness (QED) is 0.583. The first kappa shape index (κ1) is 18.0. The van der Waals surface area contributed by atoms with E-state index < -0.39 is 36.5 Å². The number of aromatic nitrogens is 4. The zero-order valence-electron chi connectivity index (χ0n) is 13.3. The Balaban J connectivity index is 1.82. The van der Waals surface area contributed by atoms with E-state index in [-0.39, 0.29) is 14.5 Å². The van der Waals surface area contributed by atoms with E-state index in [4.69, 9.17) is 11.6 Å². The van der Waals surface area contributed by atoms with Gasteiger partial charge < -0.3 is 0 Å². The fraction of sp³-hybridized carbons (Fsp3) is 0.357. The molecular formula is C14H12ClF2N5O2SSe. The van der Waals surface area contributed by atoms with Crippen LogP contribution in [0.2, 0.25) is 5.02 Å². The Morgan fingerprint density at radius 1 is 1.38 bits per heavy atom. The molecule has 1 saturated carbocycles. The molecular weight excluding hydrogens is 455 g/mol. The minimum absolute atomic E-state index is 0.0246. The number of fused-ring (bicyclic) bond motifs is 1. The predicted molar refractivity (Wildman–Crippen MR) is 91.1 cm³/mol. The second kappa shape index (κ2) is 6.06. The Morgan fingerprint density at radius 2 is 2.12 bits per heavy atom. The van der Waals surface area contributed by atoms with E-state index in [1.54, 1.807) is 0 Å². The van der Waals surface area contributed by atoms with Crippen LogP contribution in [0.1, 0.15) is 30.8 Å². The molecule has 1 fully saturated rings. The van der Waals surface area contributed by atoms with Gasteiger partial charge in [-0.2, -0.15) is 0 Å². The molecule has 138 valence electrons. The third-order valence-electron chi connectivity index (χ3n) is 4.07. The molecule has 1 aliphatic carbocycles. The second-order valence-corrected chi connectivity index (χ2v) is 10.5. The number of rotatable bonds is 5. The molecule has 0 atom stereocenters. The summed E-state index contributed by atoms with van der Waals surface area (Å²) in [6, 6.07) is 1.32. The average molecular weight is 467 g/mol. The van der Waals surface area contributed by atoms with Gasteiger partial charge in [-0.3, -0.25) is 0 Å². The van der Waals surface area contributed by atoms with Crippen LogP contribution in [0.4, 0.5) is 8.78 Å². The van der Waals surface area contributed by atoms with Gasteiger partial charge in [-0.05, 0) is 0 Å². The number of alkyl halides is 2. The van der Waals surface area contributed by atoms with E-state index in [0.29, 0.717) is 15.9 Å². The molecule has 3 aromatic heterocycles. The summed E-state index contributed by atoms with van der Waals surface area (Å²) in [5.41, 5.74) is 0.287. The van der Waals surface area contributed by atoms with Crippen LogP contribution in [0.15, 0.2) is 23.4 Å². The molecule has 26 heavy (non-hydrogen) atoms. The van der Waals surface area contributed by atoms with Crippen LogP contribution in [0, 0.1) is 0 Å². The summed E-state index contributed by atoms with van der Waals surface area (Å²) in [6.07, 6.45) is 1.67. The van der Waals surface area contributed by atoms with Crippen molar-refractivity contribution >= 4 is 41.8 Å². The fourth-order valence-corrected chi connectivity index (χ4v) is 5.72. The minimum atomic E-state index is -3.78. The van der Waals surface area contributed by atoms with Crippen LogP contribution in [0.25, 0.3) is 15.9 Å². The van der Waals surface area contributed by atoms with Crippen molar-refractivity contribution < 1.29 is 17.2 Å². The van der Waals surface area contributed by atoms with Crippen LogP contribution in [-0.2, 0) is 10.0 Å². The molecule has 0 aromatic carbocycles. The van der Waals surface area contributed by atoms with Crippen molar-refractivity contribution in [3.8, 4) is 10.3 Å². The van der Waals surface area contributed by atoms with E-state index >= 15 is 0 Å². The Hall–Kier alpha value is -1.39. The van der Waals surface area contributed by atoms with E-state index in [1.807, 2.05) is 6.92 Å². The van der Waals surface area contributed by atoms with Gasteiger partial charge in [0.25, 0.3) is 0 Å². The van der Waals surface area contributed by atoms with E-state index in [2.05, 4.69) is 19.9 Å². The van der Waals surface area contributed by atoms with Crippen molar-refractivity contribution in [3.05, 3.63) is 28.1 Å². The molecule has 0 amide bonds. The molecule has 0 spiro atoms. The van der Waals surface area contributed by atoms with Gasteiger partial charge in [0.2, 0.25) is 0 Å². The maximum absolute atomic E-state index is 12.8. The zero-order valence-corrected chi connectivity index (χ0v) is 16.6. The summed E-state index contributed by atoms with van der Waals surface area (Å²) in [4.78, 5) is 4.12. The second-order valence-electron chi connectivity index (χ2n) is 6.27. The number of hydrogen-bond donors (Lipinski definition) is 1. The molecule has 1 aliphatic rings. The molecule has 0 saturated heterocycles. The molecule has 0 aliphatic heterocycles. The van der Waals surface area contributed by atoms with Gasteiger partial charge >= 0.3 is 158 Å². The molecule has 4 rings (SSSR count). The van der Waals surface area contributed by atoms with Crippen molar-refractivity contribution in [2.24, 2.45) is 0 Å². The van der Waals surface area contributed by atoms with Crippen LogP contribution < -0.4 is 4.72 Å². The van der Waals surface area contributed by atoms with Crippen molar-refractivity contribution in [2.75, 3.05) is 0 Å². The molecule has 3 heterocycles. The normalized spacial score (nSPS) is 16.5. The number of pyridine rings is 1. The number of halogens is 3. The topological polar surface area (TPSA) is 89.2 Å². The molecule has 3 aromatic rings. The molecule has 0 unspecified atom stereocenters. The van der Waals surface area contributed by atoms with Gasteiger partial charge in [-0.15, -0.1) is 0 Å². The zero-order chi connectivity index (χ0) is 18.7. The van der Waals surface area contributed by atoms with Gasteiger partial charge in [0.1, 0.15) is 0 Å². The summed E-state index contributed by atoms with van der Waals surface area (Å²) < 4.78 is 55.0. The molecule has 1 N–H and O–H groups in total. The number of imidazole rings is 1. The first-order chi connectivity index (χ1) is 12.2. The Morgan fingerprint density at radius 3 is 2.73 bits per heavy atom. The molecule has 0 bridgehead atoms. The predicted octanol–water partition coefficient (Wildman–Crippen LogP) is 2.27. The van der Waals surface area contributed by atoms with Gasteiger partial charge in [-0.1, -0.05) is 0 Å². The van der Waals surface area contributed by atoms with E-state index in [9.17, 15) is 17.2 Å². The number of nitrogens with zero attached hydrogens (tertiary/aromatic N) is 4. The summed E-state index contributed by atoms with van der Waals surface area (Å²) in [5, 5.41) is 7.45. The molecule has 7 nitrogen and oxygen atoms in total. The standard InChI is InChI=1S/C14H12ClF2N5O2SSe/c1-14(2-3-14)21-25(23,24)7-4-8(15)11-18-5-9(22(11)6-7)12-19-20-13(26-12)10(16)17/h4-6,10,21H,2-3H2,1H3. The van der Waals surface area contributed by atoms with E-state index in [1.165, 1.54) is 22.9 Å². The Bertz CT molecular complexity index is 1110. The number of hydrogen-bond acceptors (Lipinski definition) is 5. The molecule has 0 radical (unpaired) electrons. The monoisotopic (exact) mass is 467 g/mol. The van der Waals surface area contributed by atoms with Crippen molar-refractivity contribution in [3.63, 3.8) is 0 Å². The molecule has 12 heteroatoms. The van der Waals surface area contributed by atoms with Crippen molar-refractivity contribution in [1.82, 2.24) is 24.3 Å². The van der Waals surface area contributed by atoms with Crippen LogP contribution in [-0.4, -0.2) is 48.0 Å². The third-order valence-corrected chi connectivity index (χ3v) is 7.96. The van der Waals surface area contributed by atoms with Gasteiger partial charge in [0.15, 0.2) is 0 Å². The van der Waals surface area contributed by atoms with E-state index in [0.717, 1.165) is 12.8 Å². The van der Waals surface area contributed by atoms with Crippen LogP contribution >= 0.6 is 11.6 Å².